The number of hydrogen-bond donors (Lipinski definition) is 0. The van der Waals surface area contributed by atoms with E-state index in [2.05, 4.69) is 51.7 Å². The maximum absolute atomic E-state index is 13.7. The number of halogens is 1. The van der Waals surface area contributed by atoms with Crippen molar-refractivity contribution in [2.24, 2.45) is 0 Å². The lowest BCUT2D eigenvalue weighted by atomic mass is 10.1. The summed E-state index contributed by atoms with van der Waals surface area (Å²) in [7, 11) is 0. The fourth-order valence-corrected chi connectivity index (χ4v) is 5.38. The minimum atomic E-state index is -0.246. The first-order chi connectivity index (χ1) is 17.7. The average Bonchev–Trinajstić information content (AvgIpc) is 3.48. The number of benzene rings is 2. The Bertz CT molecular complexity index is 1290. The molecule has 1 atom stereocenters. The number of rotatable bonds is 10. The van der Waals surface area contributed by atoms with E-state index in [4.69, 9.17) is 9.97 Å². The van der Waals surface area contributed by atoms with Crippen LogP contribution in [-0.4, -0.2) is 43.8 Å². The Morgan fingerprint density at radius 3 is 2.61 bits per heavy atom. The van der Waals surface area contributed by atoms with Crippen molar-refractivity contribution in [3.63, 3.8) is 0 Å². The molecule has 0 saturated heterocycles. The predicted octanol–water partition coefficient (Wildman–Crippen LogP) is 6.66. The fraction of sp³-hybridized carbons (Fsp3) is 0.345. The van der Waals surface area contributed by atoms with Gasteiger partial charge >= 0.3 is 0 Å². The number of nitrogens with zero attached hydrogens (tertiary/aromatic N) is 5. The van der Waals surface area contributed by atoms with Crippen LogP contribution in [0.3, 0.4) is 0 Å². The van der Waals surface area contributed by atoms with E-state index >= 15 is 0 Å². The Morgan fingerprint density at radius 1 is 1.06 bits per heavy atom. The molecular formula is C29H32FN5S. The van der Waals surface area contributed by atoms with Crippen molar-refractivity contribution >= 4 is 11.8 Å². The zero-order valence-corrected chi connectivity index (χ0v) is 21.7. The van der Waals surface area contributed by atoms with Crippen molar-refractivity contribution in [1.82, 2.24) is 24.4 Å². The van der Waals surface area contributed by atoms with Gasteiger partial charge in [0.15, 0.2) is 5.16 Å². The highest BCUT2D eigenvalue weighted by Crippen LogP contribution is 2.39. The summed E-state index contributed by atoms with van der Waals surface area (Å²) in [5.41, 5.74) is 4.98. The molecule has 2 aromatic carbocycles. The molecule has 7 heteroatoms. The van der Waals surface area contributed by atoms with Gasteiger partial charge in [-0.05, 0) is 61.5 Å². The highest BCUT2D eigenvalue weighted by atomic mass is 32.2. The van der Waals surface area contributed by atoms with Crippen LogP contribution in [0.25, 0.3) is 22.6 Å². The summed E-state index contributed by atoms with van der Waals surface area (Å²) in [5, 5.41) is 0.733. The number of fused-ring (bicyclic) bond motifs is 1. The van der Waals surface area contributed by atoms with Crippen molar-refractivity contribution in [2.75, 3.05) is 19.3 Å². The van der Waals surface area contributed by atoms with E-state index in [0.717, 1.165) is 66.1 Å². The molecule has 1 unspecified atom stereocenters. The minimum absolute atomic E-state index is 0.246. The molecule has 5 nitrogen and oxygen atoms in total. The quantitative estimate of drug-likeness (QED) is 0.180. The van der Waals surface area contributed by atoms with Gasteiger partial charge < -0.3 is 4.57 Å². The Hall–Kier alpha value is -3.03. The largest absolute Gasteiger partial charge is 0.322 e. The average molecular weight is 502 g/mol. The van der Waals surface area contributed by atoms with Gasteiger partial charge in [-0.25, -0.2) is 19.3 Å². The zero-order valence-electron chi connectivity index (χ0n) is 20.9. The first-order valence-electron chi connectivity index (χ1n) is 12.7. The molecule has 1 aliphatic heterocycles. The number of imidazole rings is 1. The molecule has 0 spiro atoms. The summed E-state index contributed by atoms with van der Waals surface area (Å²) in [6, 6.07) is 19.6. The van der Waals surface area contributed by atoms with Crippen LogP contribution in [0.1, 0.15) is 43.6 Å². The van der Waals surface area contributed by atoms with Gasteiger partial charge in [0.25, 0.3) is 0 Å². The second-order valence-corrected chi connectivity index (χ2v) is 10.1. The van der Waals surface area contributed by atoms with Gasteiger partial charge in [-0.3, -0.25) is 4.90 Å². The van der Waals surface area contributed by atoms with Gasteiger partial charge in [0.05, 0.1) is 17.1 Å². The molecule has 186 valence electrons. The number of hydrogen-bond acceptors (Lipinski definition) is 5. The minimum Gasteiger partial charge on any atom is -0.322 e. The Morgan fingerprint density at radius 2 is 1.86 bits per heavy atom. The van der Waals surface area contributed by atoms with Crippen LogP contribution in [0, 0.1) is 5.82 Å². The summed E-state index contributed by atoms with van der Waals surface area (Å²) in [5.74, 6) is 0.831. The molecule has 0 saturated carbocycles. The van der Waals surface area contributed by atoms with Crippen LogP contribution in [-0.2, 0) is 13.0 Å². The standard InChI is InChI=1S/C29H32FN5S/c1-3-4-18-34(19-21-8-6-5-7-9-21)20-24-14-15-26-33-27(22-10-12-23(30)13-11-22)28(35(24)26)25-16-17-31-29(32-25)36-2/h5-13,16-17,24H,3-4,14-15,18-20H2,1-2H3. The molecule has 0 N–H and O–H groups in total. The Labute approximate surface area is 216 Å². The SMILES string of the molecule is CCCCN(Cc1ccccc1)CC1CCc2nc(-c3ccc(F)cc3)c(-c3ccnc(SC)n3)n21. The molecule has 0 radical (unpaired) electrons. The van der Waals surface area contributed by atoms with E-state index in [1.54, 1.807) is 0 Å². The van der Waals surface area contributed by atoms with E-state index < -0.39 is 0 Å². The van der Waals surface area contributed by atoms with E-state index in [9.17, 15) is 4.39 Å². The van der Waals surface area contributed by atoms with Crippen molar-refractivity contribution in [3.8, 4) is 22.6 Å². The van der Waals surface area contributed by atoms with E-state index in [1.165, 1.54) is 42.3 Å². The third-order valence-electron chi connectivity index (χ3n) is 6.77. The third-order valence-corrected chi connectivity index (χ3v) is 7.33. The molecule has 0 bridgehead atoms. The lowest BCUT2D eigenvalue weighted by molar-refractivity contribution is 0.223. The smallest absolute Gasteiger partial charge is 0.187 e. The van der Waals surface area contributed by atoms with Crippen molar-refractivity contribution < 1.29 is 4.39 Å². The van der Waals surface area contributed by atoms with Gasteiger partial charge in [0.2, 0.25) is 0 Å². The van der Waals surface area contributed by atoms with Crippen LogP contribution < -0.4 is 0 Å². The molecule has 36 heavy (non-hydrogen) atoms. The van der Waals surface area contributed by atoms with Gasteiger partial charge in [-0.15, -0.1) is 0 Å². The molecule has 5 rings (SSSR count). The summed E-state index contributed by atoms with van der Waals surface area (Å²) in [6.45, 7) is 5.20. The molecule has 0 fully saturated rings. The Kier molecular flexibility index (Phi) is 7.78. The molecule has 1 aliphatic rings. The number of thioether (sulfide) groups is 1. The van der Waals surface area contributed by atoms with Crippen LogP contribution in [0.4, 0.5) is 4.39 Å². The molecule has 3 heterocycles. The van der Waals surface area contributed by atoms with Crippen molar-refractivity contribution in [2.45, 2.75) is 50.4 Å². The molecule has 0 aliphatic carbocycles. The number of aryl methyl sites for hydroxylation is 1. The van der Waals surface area contributed by atoms with Crippen molar-refractivity contribution in [1.29, 1.82) is 0 Å². The maximum atomic E-state index is 13.7. The summed E-state index contributed by atoms with van der Waals surface area (Å²) in [4.78, 5) is 16.9. The van der Waals surface area contributed by atoms with Crippen LogP contribution in [0.15, 0.2) is 72.0 Å². The monoisotopic (exact) mass is 501 g/mol. The Balaban J connectivity index is 1.54. The fourth-order valence-electron chi connectivity index (χ4n) is 5.03. The van der Waals surface area contributed by atoms with Gasteiger partial charge in [0, 0.05) is 37.3 Å². The number of unbranched alkanes of at least 4 members (excludes halogenated alkanes) is 1. The lowest BCUT2D eigenvalue weighted by Gasteiger charge is -2.27. The van der Waals surface area contributed by atoms with Crippen LogP contribution in [0.5, 0.6) is 0 Å². The van der Waals surface area contributed by atoms with E-state index in [0.29, 0.717) is 6.04 Å². The molecule has 2 aromatic heterocycles. The third kappa shape index (κ3) is 5.37. The number of aromatic nitrogens is 4. The van der Waals surface area contributed by atoms with Gasteiger partial charge in [-0.1, -0.05) is 55.4 Å². The van der Waals surface area contributed by atoms with Gasteiger partial charge in [-0.2, -0.15) is 0 Å². The summed E-state index contributed by atoms with van der Waals surface area (Å²) < 4.78 is 16.1. The maximum Gasteiger partial charge on any atom is 0.187 e. The predicted molar refractivity (Wildman–Crippen MR) is 144 cm³/mol. The second-order valence-electron chi connectivity index (χ2n) is 9.30. The van der Waals surface area contributed by atoms with Crippen LogP contribution >= 0.6 is 11.8 Å². The van der Waals surface area contributed by atoms with Crippen LogP contribution in [0.2, 0.25) is 0 Å². The van der Waals surface area contributed by atoms with E-state index in [-0.39, 0.29) is 5.82 Å². The van der Waals surface area contributed by atoms with Crippen molar-refractivity contribution in [3.05, 3.63) is 84.1 Å². The second kappa shape index (κ2) is 11.4. The topological polar surface area (TPSA) is 46.8 Å². The molecule has 4 aromatic rings. The van der Waals surface area contributed by atoms with Gasteiger partial charge in [0.1, 0.15) is 11.6 Å². The molecule has 0 amide bonds. The lowest BCUT2D eigenvalue weighted by Crippen LogP contribution is -2.30. The summed E-state index contributed by atoms with van der Waals surface area (Å²) >= 11 is 1.53. The normalized spacial score (nSPS) is 14.9. The summed E-state index contributed by atoms with van der Waals surface area (Å²) in [6.07, 6.45) is 8.12. The zero-order chi connectivity index (χ0) is 24.9. The first kappa shape index (κ1) is 24.7. The highest BCUT2D eigenvalue weighted by Gasteiger charge is 2.32. The molecular weight excluding hydrogens is 469 g/mol. The first-order valence-corrected chi connectivity index (χ1v) is 13.9. The highest BCUT2D eigenvalue weighted by molar-refractivity contribution is 7.98. The van der Waals surface area contributed by atoms with E-state index in [1.807, 2.05) is 30.7 Å².